The standard InChI is InChI=1S/C17H22N2O/c1-12(2)10-16(18)17(20)19-11-14-8-5-7-13-6-3-4-9-15(13)14/h3-9,12,16H,10-11,18H2,1-2H3,(H,19,20)/t16-/m0/s1. The smallest absolute Gasteiger partial charge is 0.237 e. The highest BCUT2D eigenvalue weighted by Gasteiger charge is 2.14. The lowest BCUT2D eigenvalue weighted by Gasteiger charge is -2.14. The molecule has 2 aromatic carbocycles. The van der Waals surface area contributed by atoms with Gasteiger partial charge < -0.3 is 11.1 Å². The van der Waals surface area contributed by atoms with Gasteiger partial charge in [0.2, 0.25) is 5.91 Å². The Bertz CT molecular complexity index is 587. The summed E-state index contributed by atoms with van der Waals surface area (Å²) < 4.78 is 0. The first-order valence-corrected chi connectivity index (χ1v) is 7.08. The van der Waals surface area contributed by atoms with Gasteiger partial charge in [-0.15, -0.1) is 0 Å². The van der Waals surface area contributed by atoms with E-state index in [1.807, 2.05) is 24.3 Å². The van der Waals surface area contributed by atoms with Crippen LogP contribution in [0.3, 0.4) is 0 Å². The molecule has 0 fully saturated rings. The second-order valence-electron chi connectivity index (χ2n) is 5.59. The van der Waals surface area contributed by atoms with Crippen molar-refractivity contribution in [1.82, 2.24) is 5.32 Å². The maximum atomic E-state index is 12.0. The molecule has 0 saturated heterocycles. The fourth-order valence-electron chi connectivity index (χ4n) is 2.37. The van der Waals surface area contributed by atoms with Crippen molar-refractivity contribution in [2.24, 2.45) is 11.7 Å². The Morgan fingerprint density at radius 3 is 2.60 bits per heavy atom. The van der Waals surface area contributed by atoms with Crippen LogP contribution >= 0.6 is 0 Å². The van der Waals surface area contributed by atoms with Crippen molar-refractivity contribution in [2.45, 2.75) is 32.9 Å². The largest absolute Gasteiger partial charge is 0.351 e. The summed E-state index contributed by atoms with van der Waals surface area (Å²) in [6, 6.07) is 13.9. The lowest BCUT2D eigenvalue weighted by molar-refractivity contribution is -0.122. The molecule has 3 heteroatoms. The molecular formula is C17H22N2O. The van der Waals surface area contributed by atoms with Gasteiger partial charge in [-0.3, -0.25) is 4.79 Å². The highest BCUT2D eigenvalue weighted by atomic mass is 16.2. The molecule has 0 bridgehead atoms. The molecular weight excluding hydrogens is 248 g/mol. The van der Waals surface area contributed by atoms with E-state index in [4.69, 9.17) is 5.73 Å². The number of nitrogens with one attached hydrogen (secondary N) is 1. The van der Waals surface area contributed by atoms with E-state index in [1.54, 1.807) is 0 Å². The molecule has 0 heterocycles. The van der Waals surface area contributed by atoms with Crippen LogP contribution in [0.25, 0.3) is 10.8 Å². The molecule has 20 heavy (non-hydrogen) atoms. The van der Waals surface area contributed by atoms with E-state index < -0.39 is 6.04 Å². The van der Waals surface area contributed by atoms with E-state index in [9.17, 15) is 4.79 Å². The maximum Gasteiger partial charge on any atom is 0.237 e. The van der Waals surface area contributed by atoms with E-state index in [0.29, 0.717) is 18.9 Å². The first-order chi connectivity index (χ1) is 9.58. The van der Waals surface area contributed by atoms with Crippen LogP contribution in [-0.2, 0) is 11.3 Å². The van der Waals surface area contributed by atoms with Crippen LogP contribution in [-0.4, -0.2) is 11.9 Å². The van der Waals surface area contributed by atoms with Crippen LogP contribution in [0.15, 0.2) is 42.5 Å². The molecule has 2 rings (SSSR count). The van der Waals surface area contributed by atoms with Crippen LogP contribution in [0.5, 0.6) is 0 Å². The van der Waals surface area contributed by atoms with Crippen molar-refractivity contribution in [3.8, 4) is 0 Å². The van der Waals surface area contributed by atoms with Crippen LogP contribution in [0, 0.1) is 5.92 Å². The van der Waals surface area contributed by atoms with Crippen molar-refractivity contribution in [3.63, 3.8) is 0 Å². The summed E-state index contributed by atoms with van der Waals surface area (Å²) in [5.74, 6) is 0.347. The fraction of sp³-hybridized carbons (Fsp3) is 0.353. The Morgan fingerprint density at radius 2 is 1.85 bits per heavy atom. The number of nitrogens with two attached hydrogens (primary N) is 1. The number of rotatable bonds is 5. The second-order valence-corrected chi connectivity index (χ2v) is 5.59. The third-order valence-electron chi connectivity index (χ3n) is 3.40. The van der Waals surface area contributed by atoms with E-state index in [-0.39, 0.29) is 5.91 Å². The lowest BCUT2D eigenvalue weighted by Crippen LogP contribution is -2.41. The minimum absolute atomic E-state index is 0.0772. The number of amides is 1. The molecule has 1 amide bonds. The minimum Gasteiger partial charge on any atom is -0.351 e. The maximum absolute atomic E-state index is 12.0. The summed E-state index contributed by atoms with van der Waals surface area (Å²) in [6.07, 6.45) is 0.710. The number of benzene rings is 2. The number of carbonyl (C=O) groups excluding carboxylic acids is 1. The van der Waals surface area contributed by atoms with Crippen molar-refractivity contribution in [2.75, 3.05) is 0 Å². The van der Waals surface area contributed by atoms with E-state index in [2.05, 4.69) is 37.4 Å². The van der Waals surface area contributed by atoms with Gasteiger partial charge in [0.15, 0.2) is 0 Å². The normalized spacial score (nSPS) is 12.6. The van der Waals surface area contributed by atoms with Crippen LogP contribution in [0.1, 0.15) is 25.8 Å². The second kappa shape index (κ2) is 6.53. The SMILES string of the molecule is CC(C)C[C@H](N)C(=O)NCc1cccc2ccccc12. The Kier molecular flexibility index (Phi) is 4.74. The number of hydrogen-bond acceptors (Lipinski definition) is 2. The third kappa shape index (κ3) is 3.58. The van der Waals surface area contributed by atoms with Crippen LogP contribution in [0.2, 0.25) is 0 Å². The van der Waals surface area contributed by atoms with E-state index in [0.717, 1.165) is 5.56 Å². The zero-order valence-corrected chi connectivity index (χ0v) is 12.1. The molecule has 0 radical (unpaired) electrons. The van der Waals surface area contributed by atoms with Crippen LogP contribution in [0.4, 0.5) is 0 Å². The molecule has 0 aliphatic carbocycles. The monoisotopic (exact) mass is 270 g/mol. The van der Waals surface area contributed by atoms with Gasteiger partial charge in [-0.1, -0.05) is 56.3 Å². The molecule has 0 saturated carbocycles. The number of carbonyl (C=O) groups is 1. The Labute approximate surface area is 120 Å². The molecule has 0 aliphatic rings. The third-order valence-corrected chi connectivity index (χ3v) is 3.40. The zero-order valence-electron chi connectivity index (χ0n) is 12.1. The average molecular weight is 270 g/mol. The van der Waals surface area contributed by atoms with E-state index >= 15 is 0 Å². The molecule has 0 aliphatic heterocycles. The molecule has 0 unspecified atom stereocenters. The number of hydrogen-bond donors (Lipinski definition) is 2. The molecule has 3 nitrogen and oxygen atoms in total. The van der Waals surface area contributed by atoms with Gasteiger partial charge in [-0.25, -0.2) is 0 Å². The first kappa shape index (κ1) is 14.5. The zero-order chi connectivity index (χ0) is 14.5. The van der Waals surface area contributed by atoms with Gasteiger partial charge in [0.25, 0.3) is 0 Å². The summed E-state index contributed by atoms with van der Waals surface area (Å²) in [5, 5.41) is 5.29. The topological polar surface area (TPSA) is 55.1 Å². The lowest BCUT2D eigenvalue weighted by atomic mass is 10.0. The van der Waals surface area contributed by atoms with Gasteiger partial charge in [0.05, 0.1) is 6.04 Å². The van der Waals surface area contributed by atoms with Gasteiger partial charge in [-0.2, -0.15) is 0 Å². The molecule has 0 aromatic heterocycles. The number of fused-ring (bicyclic) bond motifs is 1. The van der Waals surface area contributed by atoms with Gasteiger partial charge in [0.1, 0.15) is 0 Å². The van der Waals surface area contributed by atoms with Crippen molar-refractivity contribution < 1.29 is 4.79 Å². The average Bonchev–Trinajstić information content (AvgIpc) is 2.44. The van der Waals surface area contributed by atoms with Gasteiger partial charge >= 0.3 is 0 Å². The Morgan fingerprint density at radius 1 is 1.15 bits per heavy atom. The molecule has 0 spiro atoms. The van der Waals surface area contributed by atoms with E-state index in [1.165, 1.54) is 10.8 Å². The molecule has 1 atom stereocenters. The highest BCUT2D eigenvalue weighted by Crippen LogP contribution is 2.18. The predicted octanol–water partition coefficient (Wildman–Crippen LogP) is 2.83. The fourth-order valence-corrected chi connectivity index (χ4v) is 2.37. The summed E-state index contributed by atoms with van der Waals surface area (Å²) in [6.45, 7) is 4.65. The Hall–Kier alpha value is -1.87. The quantitative estimate of drug-likeness (QED) is 0.877. The highest BCUT2D eigenvalue weighted by molar-refractivity contribution is 5.86. The summed E-state index contributed by atoms with van der Waals surface area (Å²) in [5.41, 5.74) is 7.00. The summed E-state index contributed by atoms with van der Waals surface area (Å²) >= 11 is 0. The van der Waals surface area contributed by atoms with Crippen molar-refractivity contribution >= 4 is 16.7 Å². The van der Waals surface area contributed by atoms with Crippen LogP contribution < -0.4 is 11.1 Å². The molecule has 2 aromatic rings. The van der Waals surface area contributed by atoms with Gasteiger partial charge in [-0.05, 0) is 28.7 Å². The Balaban J connectivity index is 2.04. The summed E-state index contributed by atoms with van der Waals surface area (Å²) in [4.78, 5) is 12.0. The van der Waals surface area contributed by atoms with Crippen molar-refractivity contribution in [1.29, 1.82) is 0 Å². The molecule has 106 valence electrons. The van der Waals surface area contributed by atoms with Crippen molar-refractivity contribution in [3.05, 3.63) is 48.0 Å². The summed E-state index contributed by atoms with van der Waals surface area (Å²) in [7, 11) is 0. The first-order valence-electron chi connectivity index (χ1n) is 7.08. The molecule has 3 N–H and O–H groups in total. The minimum atomic E-state index is -0.426. The van der Waals surface area contributed by atoms with Gasteiger partial charge in [0, 0.05) is 6.54 Å². The predicted molar refractivity (Wildman–Crippen MR) is 83.2 cm³/mol.